The third kappa shape index (κ3) is 12.3. The second kappa shape index (κ2) is 20.1. The van der Waals surface area contributed by atoms with E-state index in [0.29, 0.717) is 55.8 Å². The Bertz CT molecular complexity index is 981. The van der Waals surface area contributed by atoms with Crippen molar-refractivity contribution in [3.05, 3.63) is 48.5 Å². The number of nitrogens with zero attached hydrogens (tertiary/aromatic N) is 1. The van der Waals surface area contributed by atoms with Crippen LogP contribution in [0.4, 0.5) is 0 Å². The first kappa shape index (κ1) is 34.5. The van der Waals surface area contributed by atoms with E-state index >= 15 is 0 Å². The molecule has 0 bridgehead atoms. The Kier molecular flexibility index (Phi) is 16.1. The molecule has 240 valence electrons. The van der Waals surface area contributed by atoms with Gasteiger partial charge in [-0.05, 0) is 43.5 Å². The van der Waals surface area contributed by atoms with Gasteiger partial charge in [0.05, 0.1) is 13.2 Å². The first-order valence-electron chi connectivity index (χ1n) is 16.3. The molecule has 1 amide bonds. The fraction of sp³-hybridized carbons (Fsp3) is 0.629. The molecule has 8 nitrogen and oxygen atoms in total. The third-order valence-corrected chi connectivity index (χ3v) is 7.55. The molecule has 1 aliphatic rings. The van der Waals surface area contributed by atoms with Crippen LogP contribution in [0.25, 0.3) is 0 Å². The van der Waals surface area contributed by atoms with Gasteiger partial charge in [0.1, 0.15) is 38.6 Å². The van der Waals surface area contributed by atoms with Crippen molar-refractivity contribution in [3.63, 3.8) is 0 Å². The highest BCUT2D eigenvalue weighted by Crippen LogP contribution is 2.32. The third-order valence-electron chi connectivity index (χ3n) is 7.55. The van der Waals surface area contributed by atoms with Crippen molar-refractivity contribution in [2.75, 3.05) is 59.3 Å². The second-order valence-electron chi connectivity index (χ2n) is 11.2. The molecule has 3 rings (SSSR count). The van der Waals surface area contributed by atoms with Crippen LogP contribution in [-0.2, 0) is 14.3 Å². The van der Waals surface area contributed by atoms with Crippen LogP contribution in [0.2, 0.25) is 0 Å². The predicted molar refractivity (Wildman–Crippen MR) is 170 cm³/mol. The Hall–Kier alpha value is -2.97. The molecule has 8 heteroatoms. The number of ether oxygens (including phenoxy) is 6. The highest BCUT2D eigenvalue weighted by atomic mass is 16.6. The average molecular weight is 600 g/mol. The molecule has 0 atom stereocenters. The normalized spacial score (nSPS) is 15.5. The van der Waals surface area contributed by atoms with Crippen LogP contribution >= 0.6 is 0 Å². The molecule has 0 N–H and O–H groups in total. The molecule has 43 heavy (non-hydrogen) atoms. The van der Waals surface area contributed by atoms with Crippen LogP contribution in [0.3, 0.4) is 0 Å². The second-order valence-corrected chi connectivity index (χ2v) is 11.2. The first-order valence-corrected chi connectivity index (χ1v) is 16.3. The van der Waals surface area contributed by atoms with Crippen LogP contribution < -0.4 is 18.9 Å². The summed E-state index contributed by atoms with van der Waals surface area (Å²) in [5.41, 5.74) is -0.870. The number of carbonyl (C=O) groups excluding carboxylic acids is 1. The Balaban J connectivity index is 1.86. The zero-order valence-corrected chi connectivity index (χ0v) is 26.7. The monoisotopic (exact) mass is 599 g/mol. The number of fused-ring (bicyclic) bond motifs is 2. The quantitative estimate of drug-likeness (QED) is 0.215. The van der Waals surface area contributed by atoms with Gasteiger partial charge in [0.15, 0.2) is 23.0 Å². The van der Waals surface area contributed by atoms with Crippen LogP contribution in [-0.4, -0.2) is 75.7 Å². The lowest BCUT2D eigenvalue weighted by Gasteiger charge is -2.35. The van der Waals surface area contributed by atoms with E-state index in [0.717, 1.165) is 64.5 Å². The number of unbranched alkanes of at least 4 members (excludes halogenated alkanes) is 5. The van der Waals surface area contributed by atoms with Gasteiger partial charge in [0.2, 0.25) is 5.91 Å². The Morgan fingerprint density at radius 3 is 1.60 bits per heavy atom. The van der Waals surface area contributed by atoms with Crippen LogP contribution in [0.5, 0.6) is 23.0 Å². The summed E-state index contributed by atoms with van der Waals surface area (Å²) in [6, 6.07) is 15.2. The standard InChI is InChI=1S/C35H53NO7/c1-4-7-14-21-36(22-15-8-5-2)34(37)27-43-35(20-9-6-3)28-41-32-18-12-10-16-30(32)39-25-23-38-24-26-40-31-17-11-13-19-33(31)42-29-35/h10-13,16-19H,4-9,14-15,20-29H2,1-3H3. The molecular formula is C35H53NO7. The number of para-hydroxylation sites is 4. The molecule has 0 radical (unpaired) electrons. The summed E-state index contributed by atoms with van der Waals surface area (Å²) < 4.78 is 37.1. The Morgan fingerprint density at radius 1 is 0.674 bits per heavy atom. The van der Waals surface area contributed by atoms with Gasteiger partial charge in [-0.25, -0.2) is 0 Å². The van der Waals surface area contributed by atoms with E-state index in [2.05, 4.69) is 20.8 Å². The summed E-state index contributed by atoms with van der Waals surface area (Å²) in [5, 5.41) is 0. The molecule has 1 heterocycles. The number of amides is 1. The summed E-state index contributed by atoms with van der Waals surface area (Å²) in [7, 11) is 0. The maximum Gasteiger partial charge on any atom is 0.248 e. The zero-order chi connectivity index (χ0) is 30.6. The van der Waals surface area contributed by atoms with Crippen molar-refractivity contribution in [1.29, 1.82) is 0 Å². The molecular weight excluding hydrogens is 546 g/mol. The molecule has 0 fully saturated rings. The smallest absolute Gasteiger partial charge is 0.248 e. The van der Waals surface area contributed by atoms with Gasteiger partial charge in [0.25, 0.3) is 0 Å². The number of carbonyl (C=O) groups is 1. The number of hydrogen-bond donors (Lipinski definition) is 0. The van der Waals surface area contributed by atoms with Gasteiger partial charge < -0.3 is 33.3 Å². The largest absolute Gasteiger partial charge is 0.487 e. The highest BCUT2D eigenvalue weighted by molar-refractivity contribution is 5.77. The van der Waals surface area contributed by atoms with Crippen molar-refractivity contribution in [2.24, 2.45) is 0 Å². The van der Waals surface area contributed by atoms with E-state index in [9.17, 15) is 4.79 Å². The summed E-state index contributed by atoms with van der Waals surface area (Å²) in [5.74, 6) is 2.53. The van der Waals surface area contributed by atoms with E-state index in [1.807, 2.05) is 53.4 Å². The minimum atomic E-state index is -0.870. The summed E-state index contributed by atoms with van der Waals surface area (Å²) in [6.07, 6.45) is 8.98. The van der Waals surface area contributed by atoms with Crippen molar-refractivity contribution >= 4 is 5.91 Å². The van der Waals surface area contributed by atoms with Crippen molar-refractivity contribution in [1.82, 2.24) is 4.90 Å². The molecule has 0 unspecified atom stereocenters. The van der Waals surface area contributed by atoms with Crippen molar-refractivity contribution in [2.45, 2.75) is 84.2 Å². The topological polar surface area (TPSA) is 75.7 Å². The minimum Gasteiger partial charge on any atom is -0.487 e. The molecule has 0 spiro atoms. The van der Waals surface area contributed by atoms with Gasteiger partial charge in [-0.1, -0.05) is 83.6 Å². The lowest BCUT2D eigenvalue weighted by Crippen LogP contribution is -2.48. The molecule has 0 saturated carbocycles. The van der Waals surface area contributed by atoms with Gasteiger partial charge in [0, 0.05) is 13.1 Å². The van der Waals surface area contributed by atoms with E-state index < -0.39 is 5.60 Å². The number of benzene rings is 2. The minimum absolute atomic E-state index is 0.0164. The Morgan fingerprint density at radius 2 is 1.14 bits per heavy atom. The Labute approximate surface area is 258 Å². The summed E-state index contributed by atoms with van der Waals surface area (Å²) >= 11 is 0. The molecule has 0 aromatic heterocycles. The average Bonchev–Trinajstić information content (AvgIpc) is 3.03. The maximum atomic E-state index is 13.6. The number of hydrogen-bond acceptors (Lipinski definition) is 7. The molecule has 2 aromatic rings. The lowest BCUT2D eigenvalue weighted by molar-refractivity contribution is -0.151. The fourth-order valence-electron chi connectivity index (χ4n) is 4.93. The first-order chi connectivity index (χ1) is 21.1. The molecule has 0 saturated heterocycles. The summed E-state index contributed by atoms with van der Waals surface area (Å²) in [6.45, 7) is 10.0. The zero-order valence-electron chi connectivity index (χ0n) is 26.7. The maximum absolute atomic E-state index is 13.6. The van der Waals surface area contributed by atoms with E-state index in [1.165, 1.54) is 0 Å². The molecule has 2 aromatic carbocycles. The molecule has 1 aliphatic heterocycles. The molecule has 0 aliphatic carbocycles. The fourth-order valence-corrected chi connectivity index (χ4v) is 4.93. The van der Waals surface area contributed by atoms with E-state index in [4.69, 9.17) is 28.4 Å². The van der Waals surface area contributed by atoms with Crippen LogP contribution in [0.1, 0.15) is 78.6 Å². The van der Waals surface area contributed by atoms with Gasteiger partial charge >= 0.3 is 0 Å². The number of rotatable bonds is 14. The van der Waals surface area contributed by atoms with Gasteiger partial charge in [-0.3, -0.25) is 4.79 Å². The predicted octanol–water partition coefficient (Wildman–Crippen LogP) is 7.09. The van der Waals surface area contributed by atoms with Gasteiger partial charge in [-0.2, -0.15) is 0 Å². The van der Waals surface area contributed by atoms with Crippen LogP contribution in [0.15, 0.2) is 48.5 Å². The van der Waals surface area contributed by atoms with Gasteiger partial charge in [-0.15, -0.1) is 0 Å². The highest BCUT2D eigenvalue weighted by Gasteiger charge is 2.35. The van der Waals surface area contributed by atoms with Crippen LogP contribution in [0, 0.1) is 0 Å². The lowest BCUT2D eigenvalue weighted by atomic mass is 9.98. The van der Waals surface area contributed by atoms with E-state index in [-0.39, 0.29) is 25.7 Å². The summed E-state index contributed by atoms with van der Waals surface area (Å²) in [4.78, 5) is 15.6. The van der Waals surface area contributed by atoms with Crippen molar-refractivity contribution in [3.8, 4) is 23.0 Å². The SMILES string of the molecule is CCCCCN(CCCCC)C(=O)COC1(CCCC)COc2ccccc2OCCOCCOc2ccccc2OC1. The van der Waals surface area contributed by atoms with Crippen molar-refractivity contribution < 1.29 is 33.2 Å². The van der Waals surface area contributed by atoms with E-state index in [1.54, 1.807) is 0 Å².